The summed E-state index contributed by atoms with van der Waals surface area (Å²) in [5.41, 5.74) is 17.8. The Morgan fingerprint density at radius 2 is 0.959 bits per heavy atom. The predicted molar refractivity (Wildman–Crippen MR) is 208 cm³/mol. The maximum Gasteiger partial charge on any atom is 0.0547 e. The Morgan fingerprint density at radius 3 is 1.73 bits per heavy atom. The molecule has 1 aliphatic rings. The van der Waals surface area contributed by atoms with Gasteiger partial charge in [0.15, 0.2) is 0 Å². The second-order valence-corrected chi connectivity index (χ2v) is 14.4. The van der Waals surface area contributed by atoms with E-state index in [0.717, 1.165) is 0 Å². The fraction of sp³-hybridized carbons (Fsp3) is 0.106. The minimum atomic E-state index is -0.0579. The van der Waals surface area contributed by atoms with Crippen LogP contribution < -0.4 is 0 Å². The van der Waals surface area contributed by atoms with Gasteiger partial charge < -0.3 is 9.13 Å². The summed E-state index contributed by atoms with van der Waals surface area (Å²) < 4.78 is 4.89. The van der Waals surface area contributed by atoms with Crippen LogP contribution in [-0.2, 0) is 5.41 Å². The first-order chi connectivity index (χ1) is 23.9. The molecule has 2 heterocycles. The molecule has 2 aromatic heterocycles. The molecule has 49 heavy (non-hydrogen) atoms. The maximum atomic E-state index is 2.47. The zero-order valence-electron chi connectivity index (χ0n) is 28.3. The first-order valence-corrected chi connectivity index (χ1v) is 17.3. The highest BCUT2D eigenvalue weighted by molar-refractivity contribution is 6.12. The van der Waals surface area contributed by atoms with Crippen LogP contribution in [0.3, 0.4) is 0 Å². The molecule has 0 aliphatic heterocycles. The van der Waals surface area contributed by atoms with Gasteiger partial charge in [0.05, 0.1) is 22.1 Å². The van der Waals surface area contributed by atoms with Gasteiger partial charge in [0, 0.05) is 38.3 Å². The summed E-state index contributed by atoms with van der Waals surface area (Å²) in [7, 11) is 0. The Kier molecular flexibility index (Phi) is 5.79. The van der Waals surface area contributed by atoms with E-state index in [4.69, 9.17) is 0 Å². The lowest BCUT2D eigenvalue weighted by atomic mass is 9.82. The number of hydrogen-bond acceptors (Lipinski definition) is 0. The van der Waals surface area contributed by atoms with Crippen molar-refractivity contribution in [3.8, 4) is 33.6 Å². The van der Waals surface area contributed by atoms with Crippen LogP contribution in [0.15, 0.2) is 146 Å². The highest BCUT2D eigenvalue weighted by Crippen LogP contribution is 2.49. The Bertz CT molecular complexity index is 2800. The van der Waals surface area contributed by atoms with E-state index in [1.165, 1.54) is 99.5 Å². The molecule has 2 heteroatoms. The first-order valence-electron chi connectivity index (χ1n) is 17.3. The molecule has 0 saturated heterocycles. The number of hydrogen-bond donors (Lipinski definition) is 0. The molecule has 0 radical (unpaired) electrons. The van der Waals surface area contributed by atoms with Gasteiger partial charge >= 0.3 is 0 Å². The summed E-state index contributed by atoms with van der Waals surface area (Å²) in [4.78, 5) is 0. The SMILES string of the molecule is Cc1cc(C)cc(-n2c3ccccc3c3cc(-c4ccc5c6ccccc6n(-c6ccc7c(c6)C(C)(C)c6ccccc6-7)c5c4)ccc32)c1. The van der Waals surface area contributed by atoms with Crippen LogP contribution >= 0.6 is 0 Å². The van der Waals surface area contributed by atoms with Crippen molar-refractivity contribution in [2.24, 2.45) is 0 Å². The van der Waals surface area contributed by atoms with E-state index < -0.39 is 0 Å². The molecule has 7 aromatic carbocycles. The van der Waals surface area contributed by atoms with Crippen LogP contribution in [0.5, 0.6) is 0 Å². The van der Waals surface area contributed by atoms with Crippen molar-refractivity contribution >= 4 is 43.6 Å². The standard InChI is InChI=1S/C47H36N2/c1-29-23-30(2)25-34(24-29)49-44-16-10-7-13-38(44)40-26-31(18-22-45(40)49)32-17-20-39-37-12-6-9-15-43(37)48(46(39)27-32)33-19-21-36-35-11-5-8-14-41(35)47(3,4)42(36)28-33/h5-28H,1-4H3. The van der Waals surface area contributed by atoms with Crippen molar-refractivity contribution in [2.75, 3.05) is 0 Å². The highest BCUT2D eigenvalue weighted by Gasteiger charge is 2.35. The molecule has 2 nitrogen and oxygen atoms in total. The third-order valence-corrected chi connectivity index (χ3v) is 11.0. The van der Waals surface area contributed by atoms with Crippen molar-refractivity contribution in [3.63, 3.8) is 0 Å². The average Bonchev–Trinajstić information content (AvgIpc) is 3.70. The van der Waals surface area contributed by atoms with Gasteiger partial charge in [-0.25, -0.2) is 0 Å². The molecule has 9 aromatic rings. The zero-order chi connectivity index (χ0) is 33.0. The minimum Gasteiger partial charge on any atom is -0.309 e. The molecule has 0 saturated carbocycles. The molecule has 0 bridgehead atoms. The molecule has 0 amide bonds. The molecule has 0 atom stereocenters. The molecular weight excluding hydrogens is 593 g/mol. The van der Waals surface area contributed by atoms with Gasteiger partial charge in [0.2, 0.25) is 0 Å². The first kappa shape index (κ1) is 28.2. The molecule has 10 rings (SSSR count). The van der Waals surface area contributed by atoms with Crippen molar-refractivity contribution < 1.29 is 0 Å². The number of aryl methyl sites for hydroxylation is 2. The van der Waals surface area contributed by atoms with Gasteiger partial charge in [-0.05, 0) is 113 Å². The van der Waals surface area contributed by atoms with Crippen molar-refractivity contribution in [1.82, 2.24) is 9.13 Å². The lowest BCUT2D eigenvalue weighted by Gasteiger charge is -2.22. The van der Waals surface area contributed by atoms with Crippen molar-refractivity contribution in [2.45, 2.75) is 33.1 Å². The molecule has 0 spiro atoms. The summed E-state index contributed by atoms with van der Waals surface area (Å²) in [6.07, 6.45) is 0. The van der Waals surface area contributed by atoms with Gasteiger partial charge in [-0.15, -0.1) is 0 Å². The second kappa shape index (κ2) is 10.1. The normalized spacial score (nSPS) is 13.5. The van der Waals surface area contributed by atoms with Gasteiger partial charge in [-0.2, -0.15) is 0 Å². The Labute approximate surface area is 286 Å². The van der Waals surface area contributed by atoms with E-state index in [1.54, 1.807) is 0 Å². The number of rotatable bonds is 3. The summed E-state index contributed by atoms with van der Waals surface area (Å²) in [5, 5.41) is 5.10. The summed E-state index contributed by atoms with van der Waals surface area (Å²) in [6, 6.07) is 54.4. The average molecular weight is 629 g/mol. The molecule has 1 aliphatic carbocycles. The fourth-order valence-corrected chi connectivity index (χ4v) is 8.77. The van der Waals surface area contributed by atoms with Crippen LogP contribution in [0.1, 0.15) is 36.1 Å². The van der Waals surface area contributed by atoms with Crippen molar-refractivity contribution in [3.05, 3.63) is 168 Å². The fourth-order valence-electron chi connectivity index (χ4n) is 8.77. The van der Waals surface area contributed by atoms with Gasteiger partial charge in [0.25, 0.3) is 0 Å². The van der Waals surface area contributed by atoms with Gasteiger partial charge in [-0.3, -0.25) is 0 Å². The van der Waals surface area contributed by atoms with E-state index in [-0.39, 0.29) is 5.41 Å². The minimum absolute atomic E-state index is 0.0579. The molecule has 234 valence electrons. The van der Waals surface area contributed by atoms with Crippen LogP contribution in [0.2, 0.25) is 0 Å². The molecule has 0 fully saturated rings. The highest BCUT2D eigenvalue weighted by atomic mass is 15.0. The van der Waals surface area contributed by atoms with E-state index in [2.05, 4.69) is 182 Å². The zero-order valence-corrected chi connectivity index (χ0v) is 28.3. The Hall–Kier alpha value is -5.86. The summed E-state index contributed by atoms with van der Waals surface area (Å²) in [5.74, 6) is 0. The third-order valence-electron chi connectivity index (χ3n) is 11.0. The number of fused-ring (bicyclic) bond motifs is 9. The van der Waals surface area contributed by atoms with Gasteiger partial charge in [0.1, 0.15) is 0 Å². The van der Waals surface area contributed by atoms with E-state index in [9.17, 15) is 0 Å². The van der Waals surface area contributed by atoms with Crippen LogP contribution in [0, 0.1) is 13.8 Å². The van der Waals surface area contributed by atoms with Crippen LogP contribution in [-0.4, -0.2) is 9.13 Å². The Balaban J connectivity index is 1.18. The summed E-state index contributed by atoms with van der Waals surface area (Å²) >= 11 is 0. The number of aromatic nitrogens is 2. The maximum absolute atomic E-state index is 2.47. The lowest BCUT2D eigenvalue weighted by Crippen LogP contribution is -2.15. The molecule has 0 unspecified atom stereocenters. The smallest absolute Gasteiger partial charge is 0.0547 e. The number of benzene rings is 7. The van der Waals surface area contributed by atoms with E-state index >= 15 is 0 Å². The van der Waals surface area contributed by atoms with Crippen LogP contribution in [0.4, 0.5) is 0 Å². The third kappa shape index (κ3) is 4.01. The monoisotopic (exact) mass is 628 g/mol. The summed E-state index contributed by atoms with van der Waals surface area (Å²) in [6.45, 7) is 9.08. The quantitative estimate of drug-likeness (QED) is 0.184. The van der Waals surface area contributed by atoms with E-state index in [0.29, 0.717) is 0 Å². The second-order valence-electron chi connectivity index (χ2n) is 14.4. The van der Waals surface area contributed by atoms with Gasteiger partial charge in [-0.1, -0.05) is 105 Å². The predicted octanol–water partition coefficient (Wildman–Crippen LogP) is 12.5. The molecular formula is C47H36N2. The number of para-hydroxylation sites is 2. The van der Waals surface area contributed by atoms with E-state index in [1.807, 2.05) is 0 Å². The van der Waals surface area contributed by atoms with Crippen molar-refractivity contribution in [1.29, 1.82) is 0 Å². The Morgan fingerprint density at radius 1 is 0.388 bits per heavy atom. The topological polar surface area (TPSA) is 9.86 Å². The molecule has 0 N–H and O–H groups in total. The number of nitrogens with zero attached hydrogens (tertiary/aromatic N) is 2. The lowest BCUT2D eigenvalue weighted by molar-refractivity contribution is 0.660. The largest absolute Gasteiger partial charge is 0.309 e. The van der Waals surface area contributed by atoms with Crippen LogP contribution in [0.25, 0.3) is 77.2 Å².